The van der Waals surface area contributed by atoms with Crippen LogP contribution in [-0.2, 0) is 9.53 Å². The predicted molar refractivity (Wildman–Crippen MR) is 68.3 cm³/mol. The van der Waals surface area contributed by atoms with Gasteiger partial charge < -0.3 is 4.74 Å². The molecule has 0 bridgehead atoms. The van der Waals surface area contributed by atoms with E-state index in [-0.39, 0.29) is 22.9 Å². The second-order valence-corrected chi connectivity index (χ2v) is 6.07. The lowest BCUT2D eigenvalue weighted by atomic mass is 9.78. The van der Waals surface area contributed by atoms with Crippen LogP contribution in [0, 0.1) is 11.3 Å². The van der Waals surface area contributed by atoms with Crippen LogP contribution >= 0.6 is 0 Å². The van der Waals surface area contributed by atoms with E-state index in [9.17, 15) is 4.79 Å². The average Bonchev–Trinajstić information content (AvgIpc) is 2.16. The number of hydrogen-bond acceptors (Lipinski definition) is 2. The first-order valence-electron chi connectivity index (χ1n) is 6.38. The normalized spacial score (nSPS) is 16.0. The molecule has 0 aromatic carbocycles. The van der Waals surface area contributed by atoms with E-state index < -0.39 is 0 Å². The summed E-state index contributed by atoms with van der Waals surface area (Å²) in [5, 5.41) is 0. The number of carbonyl (C=O) groups excluding carboxylic acids is 1. The third-order valence-electron chi connectivity index (χ3n) is 3.38. The van der Waals surface area contributed by atoms with Crippen molar-refractivity contribution >= 4 is 5.97 Å². The van der Waals surface area contributed by atoms with E-state index in [0.29, 0.717) is 0 Å². The van der Waals surface area contributed by atoms with Crippen LogP contribution in [-0.4, -0.2) is 11.6 Å². The Kier molecular flexibility index (Phi) is 5.51. The van der Waals surface area contributed by atoms with Gasteiger partial charge in [-0.05, 0) is 25.2 Å². The molecule has 2 heteroatoms. The van der Waals surface area contributed by atoms with Gasteiger partial charge in [0.05, 0.1) is 5.92 Å². The third kappa shape index (κ3) is 5.00. The summed E-state index contributed by atoms with van der Waals surface area (Å²) >= 11 is 0. The topological polar surface area (TPSA) is 26.3 Å². The summed E-state index contributed by atoms with van der Waals surface area (Å²) in [5.41, 5.74) is -0.0944. The summed E-state index contributed by atoms with van der Waals surface area (Å²) in [6.07, 6.45) is 2.89. The van der Waals surface area contributed by atoms with Crippen LogP contribution < -0.4 is 0 Å². The van der Waals surface area contributed by atoms with Crippen molar-refractivity contribution in [1.82, 2.24) is 0 Å². The van der Waals surface area contributed by atoms with Crippen molar-refractivity contribution in [2.24, 2.45) is 11.3 Å². The Hall–Kier alpha value is -0.530. The number of rotatable bonds is 6. The lowest BCUT2D eigenvalue weighted by Gasteiger charge is -2.36. The summed E-state index contributed by atoms with van der Waals surface area (Å²) in [7, 11) is 0. The molecule has 0 amide bonds. The largest absolute Gasteiger partial charge is 0.459 e. The maximum atomic E-state index is 11.7. The maximum Gasteiger partial charge on any atom is 0.308 e. The highest BCUT2D eigenvalue weighted by Crippen LogP contribution is 2.35. The highest BCUT2D eigenvalue weighted by Gasteiger charge is 2.33. The van der Waals surface area contributed by atoms with E-state index in [1.54, 1.807) is 0 Å². The van der Waals surface area contributed by atoms with Gasteiger partial charge in [0.15, 0.2) is 0 Å². The molecule has 1 unspecified atom stereocenters. The maximum absolute atomic E-state index is 11.7. The molecule has 0 saturated heterocycles. The Morgan fingerprint density at radius 3 is 1.94 bits per heavy atom. The number of ether oxygens (including phenoxy) is 1. The van der Waals surface area contributed by atoms with Gasteiger partial charge in [-0.25, -0.2) is 0 Å². The van der Waals surface area contributed by atoms with Crippen LogP contribution in [0.4, 0.5) is 0 Å². The molecule has 1 atom stereocenters. The standard InChI is InChI=1S/C14H28O2/c1-8-13(5,6)10-14(7,9-2)16-12(15)11(3)4/h11H,8-10H2,1-7H3. The first-order valence-corrected chi connectivity index (χ1v) is 6.38. The molecule has 0 N–H and O–H groups in total. The number of carbonyl (C=O) groups is 1. The minimum atomic E-state index is -0.319. The van der Waals surface area contributed by atoms with Gasteiger partial charge in [-0.3, -0.25) is 4.79 Å². The molecule has 0 aromatic heterocycles. The smallest absolute Gasteiger partial charge is 0.308 e. The lowest BCUT2D eigenvalue weighted by Crippen LogP contribution is -2.37. The molecule has 0 aromatic rings. The first kappa shape index (κ1) is 15.5. The van der Waals surface area contributed by atoms with Crippen molar-refractivity contribution in [3.05, 3.63) is 0 Å². The summed E-state index contributed by atoms with van der Waals surface area (Å²) in [4.78, 5) is 11.7. The molecular formula is C14H28O2. The Morgan fingerprint density at radius 2 is 1.62 bits per heavy atom. The minimum absolute atomic E-state index is 0.0457. The summed E-state index contributed by atoms with van der Waals surface area (Å²) < 4.78 is 5.65. The van der Waals surface area contributed by atoms with Crippen molar-refractivity contribution in [2.75, 3.05) is 0 Å². The van der Waals surface area contributed by atoms with E-state index in [1.807, 2.05) is 20.8 Å². The fraction of sp³-hybridized carbons (Fsp3) is 0.929. The molecule has 0 saturated carbocycles. The van der Waals surface area contributed by atoms with Crippen molar-refractivity contribution in [1.29, 1.82) is 0 Å². The van der Waals surface area contributed by atoms with E-state index in [4.69, 9.17) is 4.74 Å². The molecule has 0 spiro atoms. The van der Waals surface area contributed by atoms with E-state index in [2.05, 4.69) is 27.7 Å². The Morgan fingerprint density at radius 1 is 1.12 bits per heavy atom. The second kappa shape index (κ2) is 5.70. The molecule has 16 heavy (non-hydrogen) atoms. The molecule has 0 heterocycles. The molecule has 0 aliphatic rings. The average molecular weight is 228 g/mol. The predicted octanol–water partition coefficient (Wildman–Crippen LogP) is 4.18. The molecular weight excluding hydrogens is 200 g/mol. The van der Waals surface area contributed by atoms with Crippen LogP contribution in [0.5, 0.6) is 0 Å². The van der Waals surface area contributed by atoms with Crippen LogP contribution in [0.2, 0.25) is 0 Å². The van der Waals surface area contributed by atoms with Gasteiger partial charge >= 0.3 is 5.97 Å². The van der Waals surface area contributed by atoms with Gasteiger partial charge in [0.1, 0.15) is 5.60 Å². The fourth-order valence-electron chi connectivity index (χ4n) is 1.73. The van der Waals surface area contributed by atoms with Crippen LogP contribution in [0.1, 0.15) is 67.7 Å². The van der Waals surface area contributed by atoms with Gasteiger partial charge in [-0.2, -0.15) is 0 Å². The Balaban J connectivity index is 4.60. The van der Waals surface area contributed by atoms with Crippen LogP contribution in [0.15, 0.2) is 0 Å². The molecule has 96 valence electrons. The van der Waals surface area contributed by atoms with Gasteiger partial charge in [0, 0.05) is 0 Å². The first-order chi connectivity index (χ1) is 7.16. The Labute approximate surface area is 101 Å². The summed E-state index contributed by atoms with van der Waals surface area (Å²) in [6.45, 7) is 14.5. The van der Waals surface area contributed by atoms with Gasteiger partial charge in [0.2, 0.25) is 0 Å². The molecule has 0 rings (SSSR count). The lowest BCUT2D eigenvalue weighted by molar-refractivity contribution is -0.165. The van der Waals surface area contributed by atoms with Gasteiger partial charge in [0.25, 0.3) is 0 Å². The highest BCUT2D eigenvalue weighted by atomic mass is 16.6. The van der Waals surface area contributed by atoms with Gasteiger partial charge in [-0.1, -0.05) is 48.0 Å². The van der Waals surface area contributed by atoms with E-state index in [0.717, 1.165) is 19.3 Å². The van der Waals surface area contributed by atoms with Crippen LogP contribution in [0.3, 0.4) is 0 Å². The van der Waals surface area contributed by atoms with Crippen molar-refractivity contribution < 1.29 is 9.53 Å². The molecule has 0 fully saturated rings. The zero-order valence-corrected chi connectivity index (χ0v) is 12.0. The van der Waals surface area contributed by atoms with Crippen LogP contribution in [0.25, 0.3) is 0 Å². The number of hydrogen-bond donors (Lipinski definition) is 0. The van der Waals surface area contributed by atoms with E-state index >= 15 is 0 Å². The molecule has 0 radical (unpaired) electrons. The fourth-order valence-corrected chi connectivity index (χ4v) is 1.73. The van der Waals surface area contributed by atoms with E-state index in [1.165, 1.54) is 0 Å². The molecule has 0 aliphatic heterocycles. The summed E-state index contributed by atoms with van der Waals surface area (Å²) in [5.74, 6) is -0.133. The van der Waals surface area contributed by atoms with Gasteiger partial charge in [-0.15, -0.1) is 0 Å². The van der Waals surface area contributed by atoms with Crippen molar-refractivity contribution in [3.63, 3.8) is 0 Å². The molecule has 2 nitrogen and oxygen atoms in total. The van der Waals surface area contributed by atoms with Crippen molar-refractivity contribution in [3.8, 4) is 0 Å². The zero-order valence-electron chi connectivity index (χ0n) is 12.0. The monoisotopic (exact) mass is 228 g/mol. The quantitative estimate of drug-likeness (QED) is 0.637. The Bertz CT molecular complexity index is 231. The number of esters is 1. The third-order valence-corrected chi connectivity index (χ3v) is 3.38. The minimum Gasteiger partial charge on any atom is -0.459 e. The second-order valence-electron chi connectivity index (χ2n) is 6.07. The van der Waals surface area contributed by atoms with Crippen molar-refractivity contribution in [2.45, 2.75) is 73.3 Å². The zero-order chi connectivity index (χ0) is 13.0. The molecule has 0 aliphatic carbocycles. The SMILES string of the molecule is CCC(C)(C)CC(C)(CC)OC(=O)C(C)C. The summed E-state index contributed by atoms with van der Waals surface area (Å²) in [6, 6.07) is 0. The highest BCUT2D eigenvalue weighted by molar-refractivity contribution is 5.72.